The molecule has 0 radical (unpaired) electrons. The van der Waals surface area contributed by atoms with Crippen molar-refractivity contribution in [3.05, 3.63) is 41.5 Å². The fraction of sp³-hybridized carbons (Fsp3) is 0.591. The van der Waals surface area contributed by atoms with E-state index in [1.54, 1.807) is 6.07 Å². The van der Waals surface area contributed by atoms with Gasteiger partial charge in [0.05, 0.1) is 5.56 Å². The smallest absolute Gasteiger partial charge is 0.335 e. The number of hydrogen-bond acceptors (Lipinski definition) is 2. The summed E-state index contributed by atoms with van der Waals surface area (Å²) in [5.41, 5.74) is 2.73. The molecule has 0 aromatic heterocycles. The Morgan fingerprint density at radius 3 is 2.68 bits per heavy atom. The molecule has 2 aliphatic carbocycles. The molecule has 3 heteroatoms. The Kier molecular flexibility index (Phi) is 4.47. The zero-order valence-corrected chi connectivity index (χ0v) is 15.6. The van der Waals surface area contributed by atoms with Gasteiger partial charge in [0.2, 0.25) is 0 Å². The first-order chi connectivity index (χ1) is 11.6. The molecular weight excluding hydrogens is 312 g/mol. The molecule has 0 bridgehead atoms. The van der Waals surface area contributed by atoms with Crippen molar-refractivity contribution in [3.8, 4) is 5.75 Å². The fourth-order valence-electron chi connectivity index (χ4n) is 5.75. The van der Waals surface area contributed by atoms with Gasteiger partial charge in [-0.3, -0.25) is 0 Å². The highest BCUT2D eigenvalue weighted by molar-refractivity contribution is 5.88. The number of aromatic carboxylic acids is 1. The molecule has 0 unspecified atom stereocenters. The molecule has 0 spiro atoms. The van der Waals surface area contributed by atoms with Gasteiger partial charge in [-0.15, -0.1) is 0 Å². The SMILES string of the molecule is C=C1CC[C@@H]2C(C)(C)CCC[C@@]2(C)[C@@H]1Cc1cc(C(=O)O)ccc1O. The summed E-state index contributed by atoms with van der Waals surface area (Å²) in [6.45, 7) is 11.5. The van der Waals surface area contributed by atoms with Crippen LogP contribution in [0.2, 0.25) is 0 Å². The Bertz CT molecular complexity index is 703. The number of carboxylic acids is 1. The summed E-state index contributed by atoms with van der Waals surface area (Å²) >= 11 is 0. The number of aromatic hydroxyl groups is 1. The zero-order chi connectivity index (χ0) is 18.4. The van der Waals surface area contributed by atoms with Gasteiger partial charge in [-0.2, -0.15) is 0 Å². The molecule has 2 fully saturated rings. The quantitative estimate of drug-likeness (QED) is 0.720. The van der Waals surface area contributed by atoms with E-state index in [0.29, 0.717) is 23.7 Å². The highest BCUT2D eigenvalue weighted by atomic mass is 16.4. The molecular formula is C22H30O3. The first-order valence-corrected chi connectivity index (χ1v) is 9.38. The molecule has 2 saturated carbocycles. The van der Waals surface area contributed by atoms with Crippen LogP contribution in [0.3, 0.4) is 0 Å². The summed E-state index contributed by atoms with van der Waals surface area (Å²) < 4.78 is 0. The van der Waals surface area contributed by atoms with Crippen molar-refractivity contribution in [3.63, 3.8) is 0 Å². The maximum absolute atomic E-state index is 11.3. The number of phenols is 1. The number of hydrogen-bond donors (Lipinski definition) is 2. The monoisotopic (exact) mass is 342 g/mol. The topological polar surface area (TPSA) is 57.5 Å². The molecule has 0 saturated heterocycles. The highest BCUT2D eigenvalue weighted by Gasteiger charge is 2.52. The van der Waals surface area contributed by atoms with E-state index in [4.69, 9.17) is 0 Å². The van der Waals surface area contributed by atoms with E-state index in [1.165, 1.54) is 43.4 Å². The summed E-state index contributed by atoms with van der Waals surface area (Å²) in [6, 6.07) is 4.60. The van der Waals surface area contributed by atoms with Gasteiger partial charge in [-0.1, -0.05) is 39.3 Å². The highest BCUT2D eigenvalue weighted by Crippen LogP contribution is 2.61. The second kappa shape index (κ2) is 6.19. The van der Waals surface area contributed by atoms with Crippen molar-refractivity contribution in [1.82, 2.24) is 0 Å². The molecule has 25 heavy (non-hydrogen) atoms. The van der Waals surface area contributed by atoms with E-state index >= 15 is 0 Å². The van der Waals surface area contributed by atoms with Gasteiger partial charge in [-0.25, -0.2) is 4.79 Å². The van der Waals surface area contributed by atoms with Gasteiger partial charge in [0.1, 0.15) is 5.75 Å². The van der Waals surface area contributed by atoms with Crippen molar-refractivity contribution in [1.29, 1.82) is 0 Å². The van der Waals surface area contributed by atoms with Gasteiger partial charge < -0.3 is 10.2 Å². The second-order valence-corrected chi connectivity index (χ2v) is 9.00. The number of benzene rings is 1. The van der Waals surface area contributed by atoms with E-state index in [2.05, 4.69) is 27.4 Å². The minimum atomic E-state index is -0.952. The number of allylic oxidation sites excluding steroid dienone is 1. The first-order valence-electron chi connectivity index (χ1n) is 9.38. The molecule has 136 valence electrons. The van der Waals surface area contributed by atoms with Crippen molar-refractivity contribution in [2.75, 3.05) is 0 Å². The molecule has 3 atom stereocenters. The average molecular weight is 342 g/mol. The van der Waals surface area contributed by atoms with Gasteiger partial charge in [-0.05, 0) is 78.5 Å². The Balaban J connectivity index is 1.96. The average Bonchev–Trinajstić information content (AvgIpc) is 2.51. The normalized spacial score (nSPS) is 31.4. The van der Waals surface area contributed by atoms with Crippen molar-refractivity contribution < 1.29 is 15.0 Å². The summed E-state index contributed by atoms with van der Waals surface area (Å²) in [6.07, 6.45) is 6.59. The Morgan fingerprint density at radius 2 is 2.00 bits per heavy atom. The molecule has 3 nitrogen and oxygen atoms in total. The standard InChI is InChI=1S/C22H30O3/c1-14-6-9-19-21(2,3)10-5-11-22(19,4)17(14)13-16-12-15(20(24)25)7-8-18(16)23/h7-8,12,17,19,23H,1,5-6,9-11,13H2,2-4H3,(H,24,25)/t17-,19-,22+/m1/s1. The molecule has 1 aromatic rings. The van der Waals surface area contributed by atoms with Gasteiger partial charge >= 0.3 is 5.97 Å². The van der Waals surface area contributed by atoms with E-state index in [-0.39, 0.29) is 16.7 Å². The zero-order valence-electron chi connectivity index (χ0n) is 15.6. The number of fused-ring (bicyclic) bond motifs is 1. The van der Waals surface area contributed by atoms with Gasteiger partial charge in [0.15, 0.2) is 0 Å². The van der Waals surface area contributed by atoms with Crippen LogP contribution in [-0.2, 0) is 6.42 Å². The summed E-state index contributed by atoms with van der Waals surface area (Å²) in [5, 5.41) is 19.6. The molecule has 3 rings (SSSR count). The van der Waals surface area contributed by atoms with Crippen LogP contribution in [0.25, 0.3) is 0 Å². The van der Waals surface area contributed by atoms with Crippen LogP contribution in [0, 0.1) is 22.7 Å². The summed E-state index contributed by atoms with van der Waals surface area (Å²) in [7, 11) is 0. The van der Waals surface area contributed by atoms with Crippen LogP contribution in [-0.4, -0.2) is 16.2 Å². The Morgan fingerprint density at radius 1 is 1.28 bits per heavy atom. The number of carbonyl (C=O) groups is 1. The minimum absolute atomic E-state index is 0.169. The lowest BCUT2D eigenvalue weighted by Gasteiger charge is -2.58. The van der Waals surface area contributed by atoms with Crippen molar-refractivity contribution in [2.45, 2.75) is 59.3 Å². The molecule has 0 heterocycles. The molecule has 0 aliphatic heterocycles. The lowest BCUT2D eigenvalue weighted by atomic mass is 9.47. The third kappa shape index (κ3) is 3.09. The van der Waals surface area contributed by atoms with Crippen LogP contribution in [0.4, 0.5) is 0 Å². The van der Waals surface area contributed by atoms with Crippen LogP contribution >= 0.6 is 0 Å². The third-order valence-corrected chi connectivity index (χ3v) is 7.07. The molecule has 2 N–H and O–H groups in total. The Labute approximate surface area is 150 Å². The number of phenolic OH excluding ortho intramolecular Hbond substituents is 1. The van der Waals surface area contributed by atoms with Crippen molar-refractivity contribution in [2.24, 2.45) is 22.7 Å². The molecule has 0 amide bonds. The van der Waals surface area contributed by atoms with Crippen LogP contribution < -0.4 is 0 Å². The van der Waals surface area contributed by atoms with Gasteiger partial charge in [0.25, 0.3) is 0 Å². The first kappa shape index (κ1) is 18.0. The number of carboxylic acid groups (broad SMARTS) is 1. The molecule has 2 aliphatic rings. The summed E-state index contributed by atoms with van der Waals surface area (Å²) in [4.78, 5) is 11.3. The molecule has 1 aromatic carbocycles. The number of rotatable bonds is 3. The van der Waals surface area contributed by atoms with Crippen molar-refractivity contribution >= 4 is 5.97 Å². The van der Waals surface area contributed by atoms with Gasteiger partial charge in [0, 0.05) is 0 Å². The summed E-state index contributed by atoms with van der Waals surface area (Å²) in [5.74, 6) is 0.181. The lowest BCUT2D eigenvalue weighted by Crippen LogP contribution is -2.50. The maximum Gasteiger partial charge on any atom is 0.335 e. The van der Waals surface area contributed by atoms with E-state index in [0.717, 1.165) is 12.0 Å². The largest absolute Gasteiger partial charge is 0.508 e. The minimum Gasteiger partial charge on any atom is -0.508 e. The van der Waals surface area contributed by atoms with E-state index in [9.17, 15) is 15.0 Å². The van der Waals surface area contributed by atoms with Crippen LogP contribution in [0.1, 0.15) is 68.8 Å². The Hall–Kier alpha value is -1.77. The van der Waals surface area contributed by atoms with E-state index in [1.807, 2.05) is 0 Å². The fourth-order valence-corrected chi connectivity index (χ4v) is 5.75. The van der Waals surface area contributed by atoms with E-state index < -0.39 is 5.97 Å². The lowest BCUT2D eigenvalue weighted by molar-refractivity contribution is -0.0518. The van der Waals surface area contributed by atoms with Crippen LogP contribution in [0.15, 0.2) is 30.4 Å². The predicted octanol–water partition coefficient (Wildman–Crippen LogP) is 5.43. The second-order valence-electron chi connectivity index (χ2n) is 9.00. The maximum atomic E-state index is 11.3. The van der Waals surface area contributed by atoms with Crippen LogP contribution in [0.5, 0.6) is 5.75 Å². The predicted molar refractivity (Wildman–Crippen MR) is 99.9 cm³/mol. The third-order valence-electron chi connectivity index (χ3n) is 7.07.